The van der Waals surface area contributed by atoms with Crippen molar-refractivity contribution < 1.29 is 8.42 Å². The van der Waals surface area contributed by atoms with Gasteiger partial charge in [0.15, 0.2) is 0 Å². The lowest BCUT2D eigenvalue weighted by Gasteiger charge is -2.37. The highest BCUT2D eigenvalue weighted by atomic mass is 32.2. The van der Waals surface area contributed by atoms with Crippen LogP contribution in [0.4, 0.5) is 5.69 Å². The molecular weight excluding hydrogens is 260 g/mol. The Bertz CT molecular complexity index is 569. The van der Waals surface area contributed by atoms with Crippen LogP contribution in [0.5, 0.6) is 0 Å². The lowest BCUT2D eigenvalue weighted by molar-refractivity contribution is 0.202. The molecule has 0 aliphatic carbocycles. The van der Waals surface area contributed by atoms with E-state index in [1.807, 2.05) is 6.92 Å². The van der Waals surface area contributed by atoms with E-state index in [-0.39, 0.29) is 6.04 Å². The van der Waals surface area contributed by atoms with E-state index in [9.17, 15) is 8.42 Å². The van der Waals surface area contributed by atoms with Gasteiger partial charge < -0.3 is 5.73 Å². The van der Waals surface area contributed by atoms with Crippen molar-refractivity contribution in [2.45, 2.75) is 44.6 Å². The number of rotatable bonds is 2. The summed E-state index contributed by atoms with van der Waals surface area (Å²) in [5.74, 6) is 0.401. The average molecular weight is 282 g/mol. The first-order valence-electron chi connectivity index (χ1n) is 6.72. The number of hydrogen-bond donors (Lipinski definition) is 1. The normalized spacial score (nSPS) is 25.4. The number of anilines is 1. The van der Waals surface area contributed by atoms with E-state index >= 15 is 0 Å². The second-order valence-electron chi connectivity index (χ2n) is 5.50. The van der Waals surface area contributed by atoms with Crippen LogP contribution in [0.1, 0.15) is 32.3 Å². The summed E-state index contributed by atoms with van der Waals surface area (Å²) in [5, 5.41) is 0. The summed E-state index contributed by atoms with van der Waals surface area (Å²) in [5.41, 5.74) is 7.00. The molecule has 0 bridgehead atoms. The van der Waals surface area contributed by atoms with Crippen LogP contribution in [0.3, 0.4) is 0 Å². The second-order valence-corrected chi connectivity index (χ2v) is 7.36. The molecule has 0 aromatic heterocycles. The molecule has 106 valence electrons. The number of nitrogens with two attached hydrogens (primary N) is 1. The smallest absolute Gasteiger partial charge is 0.243 e. The van der Waals surface area contributed by atoms with Crippen LogP contribution in [0, 0.1) is 12.8 Å². The minimum atomic E-state index is -3.41. The van der Waals surface area contributed by atoms with E-state index in [0.29, 0.717) is 28.6 Å². The Kier molecular flexibility index (Phi) is 3.87. The summed E-state index contributed by atoms with van der Waals surface area (Å²) in [4.78, 5) is 0.377. The van der Waals surface area contributed by atoms with Crippen LogP contribution in [0.25, 0.3) is 0 Å². The van der Waals surface area contributed by atoms with Crippen LogP contribution < -0.4 is 5.73 Å². The average Bonchev–Trinajstić information content (AvgIpc) is 2.31. The van der Waals surface area contributed by atoms with Gasteiger partial charge in [0.05, 0.1) is 4.90 Å². The van der Waals surface area contributed by atoms with Gasteiger partial charge in [0.1, 0.15) is 0 Å². The van der Waals surface area contributed by atoms with Crippen molar-refractivity contribution in [1.82, 2.24) is 4.31 Å². The van der Waals surface area contributed by atoms with E-state index in [1.165, 1.54) is 0 Å². The fourth-order valence-corrected chi connectivity index (χ4v) is 4.70. The van der Waals surface area contributed by atoms with Gasteiger partial charge in [0.2, 0.25) is 10.0 Å². The Morgan fingerprint density at radius 2 is 2.00 bits per heavy atom. The highest BCUT2D eigenvalue weighted by Crippen LogP contribution is 2.30. The molecule has 4 nitrogen and oxygen atoms in total. The highest BCUT2D eigenvalue weighted by molar-refractivity contribution is 7.89. The van der Waals surface area contributed by atoms with E-state index < -0.39 is 10.0 Å². The molecule has 2 rings (SSSR count). The number of nitrogen functional groups attached to an aromatic ring is 1. The molecule has 0 saturated carbocycles. The summed E-state index contributed by atoms with van der Waals surface area (Å²) < 4.78 is 27.2. The SMILES string of the molecule is Cc1cc(N)ccc1S(=O)(=O)N1CCCC(C)C1C. The first-order valence-corrected chi connectivity index (χ1v) is 8.16. The predicted octanol–water partition coefficient (Wildman–Crippen LogP) is 2.39. The van der Waals surface area contributed by atoms with Gasteiger partial charge in [-0.25, -0.2) is 8.42 Å². The van der Waals surface area contributed by atoms with Crippen LogP contribution in [-0.2, 0) is 10.0 Å². The minimum Gasteiger partial charge on any atom is -0.399 e. The predicted molar refractivity (Wildman–Crippen MR) is 77.3 cm³/mol. The second kappa shape index (κ2) is 5.13. The van der Waals surface area contributed by atoms with Crippen molar-refractivity contribution in [2.24, 2.45) is 5.92 Å². The van der Waals surface area contributed by atoms with Crippen LogP contribution in [0.15, 0.2) is 23.1 Å². The molecule has 1 saturated heterocycles. The molecule has 2 atom stereocenters. The largest absolute Gasteiger partial charge is 0.399 e. The van der Waals surface area contributed by atoms with Gasteiger partial charge in [0.25, 0.3) is 0 Å². The molecule has 0 spiro atoms. The van der Waals surface area contributed by atoms with Gasteiger partial charge in [-0.15, -0.1) is 0 Å². The Balaban J connectivity index is 2.41. The molecule has 5 heteroatoms. The molecule has 1 aromatic rings. The van der Waals surface area contributed by atoms with Gasteiger partial charge in [0, 0.05) is 18.3 Å². The number of nitrogens with zero attached hydrogens (tertiary/aromatic N) is 1. The molecule has 1 heterocycles. The monoisotopic (exact) mass is 282 g/mol. The first kappa shape index (κ1) is 14.3. The van der Waals surface area contributed by atoms with Crippen LogP contribution in [0.2, 0.25) is 0 Å². The van der Waals surface area contributed by atoms with Crippen molar-refractivity contribution in [3.63, 3.8) is 0 Å². The van der Waals surface area contributed by atoms with Crippen molar-refractivity contribution in [1.29, 1.82) is 0 Å². The maximum atomic E-state index is 12.8. The van der Waals surface area contributed by atoms with Crippen molar-refractivity contribution in [3.05, 3.63) is 23.8 Å². The third-order valence-corrected chi connectivity index (χ3v) is 6.25. The maximum absolute atomic E-state index is 12.8. The molecule has 1 fully saturated rings. The number of aryl methyl sites for hydroxylation is 1. The zero-order valence-electron chi connectivity index (χ0n) is 11.8. The fourth-order valence-electron chi connectivity index (χ4n) is 2.73. The summed E-state index contributed by atoms with van der Waals surface area (Å²) >= 11 is 0. The summed E-state index contributed by atoms with van der Waals surface area (Å²) in [7, 11) is -3.41. The standard InChI is InChI=1S/C14H22N2O2S/c1-10-5-4-8-16(12(10)3)19(17,18)14-7-6-13(15)9-11(14)2/h6-7,9-10,12H,4-5,8,15H2,1-3H3. The Morgan fingerprint density at radius 1 is 1.32 bits per heavy atom. The van der Waals surface area contributed by atoms with E-state index in [2.05, 4.69) is 6.92 Å². The van der Waals surface area contributed by atoms with Gasteiger partial charge in [-0.2, -0.15) is 4.31 Å². The fraction of sp³-hybridized carbons (Fsp3) is 0.571. The molecule has 19 heavy (non-hydrogen) atoms. The third kappa shape index (κ3) is 2.62. The Hall–Kier alpha value is -1.07. The molecule has 2 unspecified atom stereocenters. The molecular formula is C14H22N2O2S. The Labute approximate surface area is 115 Å². The number of benzene rings is 1. The molecule has 1 aliphatic rings. The van der Waals surface area contributed by atoms with Crippen LogP contribution in [-0.4, -0.2) is 25.3 Å². The van der Waals surface area contributed by atoms with E-state index in [1.54, 1.807) is 29.4 Å². The topological polar surface area (TPSA) is 63.4 Å². The van der Waals surface area contributed by atoms with Crippen molar-refractivity contribution in [3.8, 4) is 0 Å². The van der Waals surface area contributed by atoms with Gasteiger partial charge in [-0.05, 0) is 56.4 Å². The summed E-state index contributed by atoms with van der Waals surface area (Å²) in [6, 6.07) is 5.03. The summed E-state index contributed by atoms with van der Waals surface area (Å²) in [6.45, 7) is 6.51. The third-order valence-electron chi connectivity index (χ3n) is 4.10. The quantitative estimate of drug-likeness (QED) is 0.847. The van der Waals surface area contributed by atoms with Crippen molar-refractivity contribution >= 4 is 15.7 Å². The van der Waals surface area contributed by atoms with Crippen molar-refractivity contribution in [2.75, 3.05) is 12.3 Å². The molecule has 0 radical (unpaired) electrons. The first-order chi connectivity index (χ1) is 8.84. The van der Waals surface area contributed by atoms with Crippen LogP contribution >= 0.6 is 0 Å². The summed E-state index contributed by atoms with van der Waals surface area (Å²) in [6.07, 6.45) is 2.02. The van der Waals surface area contributed by atoms with Gasteiger partial charge in [-0.1, -0.05) is 6.92 Å². The molecule has 2 N–H and O–H groups in total. The highest BCUT2D eigenvalue weighted by Gasteiger charge is 2.35. The maximum Gasteiger partial charge on any atom is 0.243 e. The number of hydrogen-bond acceptors (Lipinski definition) is 3. The van der Waals surface area contributed by atoms with Gasteiger partial charge in [-0.3, -0.25) is 0 Å². The molecule has 1 aliphatic heterocycles. The van der Waals surface area contributed by atoms with Gasteiger partial charge >= 0.3 is 0 Å². The molecule has 1 aromatic carbocycles. The van der Waals surface area contributed by atoms with E-state index in [0.717, 1.165) is 12.8 Å². The lowest BCUT2D eigenvalue weighted by atomic mass is 9.94. The minimum absolute atomic E-state index is 0.0516. The molecule has 0 amide bonds. The number of sulfonamides is 1. The lowest BCUT2D eigenvalue weighted by Crippen LogP contribution is -2.46. The zero-order chi connectivity index (χ0) is 14.2. The number of piperidine rings is 1. The van der Waals surface area contributed by atoms with E-state index in [4.69, 9.17) is 5.73 Å². The Morgan fingerprint density at radius 3 is 2.63 bits per heavy atom. The zero-order valence-corrected chi connectivity index (χ0v) is 12.6.